The van der Waals surface area contributed by atoms with Crippen LogP contribution in [0.3, 0.4) is 0 Å². The molecule has 3 unspecified atom stereocenters. The number of rotatable bonds is 3. The van der Waals surface area contributed by atoms with Crippen molar-refractivity contribution >= 4 is 0 Å². The third-order valence-corrected chi connectivity index (χ3v) is 5.92. The van der Waals surface area contributed by atoms with Crippen molar-refractivity contribution in [2.45, 2.75) is 51.5 Å². The third kappa shape index (κ3) is 1.59. The number of benzene rings is 1. The van der Waals surface area contributed by atoms with Crippen molar-refractivity contribution in [1.82, 2.24) is 0 Å². The fraction of sp³-hybridized carbons (Fsp3) is 0.647. The molecule has 0 saturated heterocycles. The number of aryl methyl sites for hydroxylation is 1. The van der Waals surface area contributed by atoms with Gasteiger partial charge in [-0.2, -0.15) is 0 Å². The SMILES string of the molecule is CCC1(CC)C(N)C2CCc3ccc(OC)cc3C21. The number of ether oxygens (including phenoxy) is 1. The Balaban J connectivity index is 2.06. The van der Waals surface area contributed by atoms with E-state index in [1.165, 1.54) is 36.8 Å². The van der Waals surface area contributed by atoms with E-state index in [0.717, 1.165) is 5.75 Å². The Morgan fingerprint density at radius 2 is 2.05 bits per heavy atom. The topological polar surface area (TPSA) is 35.2 Å². The van der Waals surface area contributed by atoms with Crippen LogP contribution in [0.2, 0.25) is 0 Å². The molecule has 104 valence electrons. The van der Waals surface area contributed by atoms with E-state index in [9.17, 15) is 0 Å². The zero-order chi connectivity index (χ0) is 13.6. The summed E-state index contributed by atoms with van der Waals surface area (Å²) < 4.78 is 5.42. The Morgan fingerprint density at radius 3 is 2.68 bits per heavy atom. The van der Waals surface area contributed by atoms with Gasteiger partial charge in [-0.3, -0.25) is 0 Å². The number of methoxy groups -OCH3 is 1. The summed E-state index contributed by atoms with van der Waals surface area (Å²) in [6.07, 6.45) is 4.80. The summed E-state index contributed by atoms with van der Waals surface area (Å²) in [5.41, 5.74) is 9.87. The average molecular weight is 259 g/mol. The second-order valence-electron chi connectivity index (χ2n) is 6.21. The Morgan fingerprint density at radius 1 is 1.32 bits per heavy atom. The average Bonchev–Trinajstić information content (AvgIpc) is 2.47. The highest BCUT2D eigenvalue weighted by atomic mass is 16.5. The van der Waals surface area contributed by atoms with Gasteiger partial charge in [-0.1, -0.05) is 19.9 Å². The summed E-state index contributed by atoms with van der Waals surface area (Å²) in [7, 11) is 1.75. The molecule has 2 aliphatic carbocycles. The molecular weight excluding hydrogens is 234 g/mol. The predicted octanol–water partition coefficient (Wildman–Crippen LogP) is 3.49. The van der Waals surface area contributed by atoms with E-state index in [1.807, 2.05) is 0 Å². The molecule has 0 spiro atoms. The Kier molecular flexibility index (Phi) is 3.09. The van der Waals surface area contributed by atoms with Crippen LogP contribution in [0.25, 0.3) is 0 Å². The number of hydrogen-bond acceptors (Lipinski definition) is 2. The molecule has 0 amide bonds. The molecule has 0 bridgehead atoms. The molecular formula is C17H25NO. The molecule has 1 aromatic carbocycles. The molecule has 2 aliphatic rings. The highest BCUT2D eigenvalue weighted by Gasteiger charge is 2.59. The van der Waals surface area contributed by atoms with Gasteiger partial charge in [0.15, 0.2) is 0 Å². The molecule has 3 atom stereocenters. The van der Waals surface area contributed by atoms with E-state index in [1.54, 1.807) is 7.11 Å². The highest BCUT2D eigenvalue weighted by molar-refractivity contribution is 5.44. The van der Waals surface area contributed by atoms with Crippen LogP contribution in [-0.2, 0) is 6.42 Å². The van der Waals surface area contributed by atoms with Crippen molar-refractivity contribution in [2.75, 3.05) is 7.11 Å². The van der Waals surface area contributed by atoms with E-state index in [-0.39, 0.29) is 0 Å². The van der Waals surface area contributed by atoms with E-state index >= 15 is 0 Å². The van der Waals surface area contributed by atoms with Gasteiger partial charge in [0.05, 0.1) is 7.11 Å². The monoisotopic (exact) mass is 259 g/mol. The lowest BCUT2D eigenvalue weighted by molar-refractivity contribution is -0.0379. The van der Waals surface area contributed by atoms with E-state index < -0.39 is 0 Å². The molecule has 1 aromatic rings. The quantitative estimate of drug-likeness (QED) is 0.902. The number of nitrogens with two attached hydrogens (primary N) is 1. The van der Waals surface area contributed by atoms with Gasteiger partial charge in [-0.25, -0.2) is 0 Å². The lowest BCUT2D eigenvalue weighted by Crippen LogP contribution is -2.64. The van der Waals surface area contributed by atoms with Crippen LogP contribution >= 0.6 is 0 Å². The predicted molar refractivity (Wildman–Crippen MR) is 78.5 cm³/mol. The minimum atomic E-state index is 0.312. The minimum absolute atomic E-state index is 0.312. The summed E-state index contributed by atoms with van der Waals surface area (Å²) in [4.78, 5) is 0. The van der Waals surface area contributed by atoms with Gasteiger partial charge in [-0.15, -0.1) is 0 Å². The third-order valence-electron chi connectivity index (χ3n) is 5.92. The lowest BCUT2D eigenvalue weighted by atomic mass is 9.43. The van der Waals surface area contributed by atoms with Gasteiger partial charge in [-0.05, 0) is 66.2 Å². The first-order valence-corrected chi connectivity index (χ1v) is 7.60. The summed E-state index contributed by atoms with van der Waals surface area (Å²) >= 11 is 0. The Bertz CT molecular complexity index is 478. The second-order valence-corrected chi connectivity index (χ2v) is 6.21. The summed E-state index contributed by atoms with van der Waals surface area (Å²) in [5, 5.41) is 0. The van der Waals surface area contributed by atoms with E-state index in [2.05, 4.69) is 32.0 Å². The largest absolute Gasteiger partial charge is 0.497 e. The molecule has 3 rings (SSSR count). The van der Waals surface area contributed by atoms with Crippen LogP contribution in [0.5, 0.6) is 5.75 Å². The van der Waals surface area contributed by atoms with Crippen molar-refractivity contribution in [3.63, 3.8) is 0 Å². The highest BCUT2D eigenvalue weighted by Crippen LogP contribution is 2.63. The second kappa shape index (κ2) is 4.52. The molecule has 0 aromatic heterocycles. The van der Waals surface area contributed by atoms with Gasteiger partial charge >= 0.3 is 0 Å². The first-order chi connectivity index (χ1) is 9.17. The molecule has 1 fully saturated rings. The van der Waals surface area contributed by atoms with Crippen molar-refractivity contribution in [3.05, 3.63) is 29.3 Å². The number of fused-ring (bicyclic) bond motifs is 3. The van der Waals surface area contributed by atoms with Crippen molar-refractivity contribution in [2.24, 2.45) is 17.1 Å². The van der Waals surface area contributed by atoms with Crippen LogP contribution in [0.15, 0.2) is 18.2 Å². The minimum Gasteiger partial charge on any atom is -0.497 e. The van der Waals surface area contributed by atoms with Crippen LogP contribution in [0, 0.1) is 11.3 Å². The first kappa shape index (κ1) is 13.0. The zero-order valence-corrected chi connectivity index (χ0v) is 12.3. The molecule has 2 N–H and O–H groups in total. The standard InChI is InChI=1S/C17H25NO/c1-4-17(5-2)15-13(16(17)18)9-7-11-6-8-12(19-3)10-14(11)15/h6,8,10,13,15-16H,4-5,7,9,18H2,1-3H3. The molecule has 0 aliphatic heterocycles. The van der Waals surface area contributed by atoms with Crippen LogP contribution in [0.4, 0.5) is 0 Å². The molecule has 19 heavy (non-hydrogen) atoms. The molecule has 0 radical (unpaired) electrons. The van der Waals surface area contributed by atoms with Gasteiger partial charge in [0, 0.05) is 6.04 Å². The normalized spacial score (nSPS) is 31.1. The lowest BCUT2D eigenvalue weighted by Gasteiger charge is -2.62. The maximum Gasteiger partial charge on any atom is 0.119 e. The van der Waals surface area contributed by atoms with Crippen molar-refractivity contribution < 1.29 is 4.74 Å². The van der Waals surface area contributed by atoms with E-state index in [0.29, 0.717) is 23.3 Å². The van der Waals surface area contributed by atoms with Crippen LogP contribution in [-0.4, -0.2) is 13.2 Å². The van der Waals surface area contributed by atoms with Crippen LogP contribution < -0.4 is 10.5 Å². The smallest absolute Gasteiger partial charge is 0.119 e. The van der Waals surface area contributed by atoms with E-state index in [4.69, 9.17) is 10.5 Å². The summed E-state index contributed by atoms with van der Waals surface area (Å²) in [5.74, 6) is 2.32. The first-order valence-electron chi connectivity index (χ1n) is 7.60. The Labute approximate surface area is 116 Å². The van der Waals surface area contributed by atoms with Gasteiger partial charge in [0.25, 0.3) is 0 Å². The molecule has 1 saturated carbocycles. The fourth-order valence-electron chi connectivity index (χ4n) is 4.74. The van der Waals surface area contributed by atoms with Crippen molar-refractivity contribution in [1.29, 1.82) is 0 Å². The van der Waals surface area contributed by atoms with Crippen molar-refractivity contribution in [3.8, 4) is 5.75 Å². The fourth-order valence-corrected chi connectivity index (χ4v) is 4.74. The maximum atomic E-state index is 6.53. The zero-order valence-electron chi connectivity index (χ0n) is 12.3. The Hall–Kier alpha value is -1.02. The van der Waals surface area contributed by atoms with Crippen LogP contribution in [0.1, 0.15) is 50.2 Å². The van der Waals surface area contributed by atoms with Gasteiger partial charge in [0.1, 0.15) is 5.75 Å². The number of hydrogen-bond donors (Lipinski definition) is 1. The summed E-state index contributed by atoms with van der Waals surface area (Å²) in [6, 6.07) is 6.99. The summed E-state index contributed by atoms with van der Waals surface area (Å²) in [6.45, 7) is 4.60. The molecule has 0 heterocycles. The van der Waals surface area contributed by atoms with Gasteiger partial charge < -0.3 is 10.5 Å². The molecule has 2 nitrogen and oxygen atoms in total. The maximum absolute atomic E-state index is 6.53. The molecule has 2 heteroatoms. The van der Waals surface area contributed by atoms with Gasteiger partial charge in [0.2, 0.25) is 0 Å².